The molecule has 2 fully saturated rings. The third-order valence-corrected chi connectivity index (χ3v) is 7.51. The summed E-state index contributed by atoms with van der Waals surface area (Å²) in [6.07, 6.45) is -2.09. The van der Waals surface area contributed by atoms with E-state index in [2.05, 4.69) is 10.1 Å². The van der Waals surface area contributed by atoms with Crippen molar-refractivity contribution in [3.05, 3.63) is 35.2 Å². The van der Waals surface area contributed by atoms with Crippen molar-refractivity contribution < 1.29 is 39.7 Å². The minimum absolute atomic E-state index is 0.186. The van der Waals surface area contributed by atoms with Crippen LogP contribution in [0.1, 0.15) is 37.1 Å². The Balaban J connectivity index is 1.41. The van der Waals surface area contributed by atoms with Crippen molar-refractivity contribution in [1.82, 2.24) is 15.0 Å². The lowest BCUT2D eigenvalue weighted by Crippen LogP contribution is -2.52. The van der Waals surface area contributed by atoms with E-state index in [1.54, 1.807) is 4.90 Å². The second-order valence-corrected chi connectivity index (χ2v) is 10.8. The van der Waals surface area contributed by atoms with Gasteiger partial charge in [0.25, 0.3) is 5.82 Å². The number of carbonyl (C=O) groups excluding carboxylic acids is 1. The van der Waals surface area contributed by atoms with Gasteiger partial charge in [-0.05, 0) is 49.4 Å². The number of hydrogen-bond acceptors (Lipinski definition) is 7. The fourth-order valence-electron chi connectivity index (χ4n) is 4.59. The highest BCUT2D eigenvalue weighted by Crippen LogP contribution is 2.32. The van der Waals surface area contributed by atoms with Gasteiger partial charge in [0.1, 0.15) is 11.6 Å². The summed E-state index contributed by atoms with van der Waals surface area (Å²) in [7, 11) is -3.79. The first kappa shape index (κ1) is 25.3. The van der Waals surface area contributed by atoms with Crippen molar-refractivity contribution in [3.8, 4) is 0 Å². The molecule has 0 radical (unpaired) electrons. The van der Waals surface area contributed by atoms with Gasteiger partial charge in [-0.15, -0.1) is 0 Å². The highest BCUT2D eigenvalue weighted by Gasteiger charge is 2.39. The molecule has 192 valence electrons. The van der Waals surface area contributed by atoms with Gasteiger partial charge in [-0.2, -0.15) is 18.2 Å². The van der Waals surface area contributed by atoms with Crippen molar-refractivity contribution in [2.75, 3.05) is 30.8 Å². The molecule has 1 aromatic carbocycles. The van der Waals surface area contributed by atoms with Gasteiger partial charge in [0, 0.05) is 43.4 Å². The summed E-state index contributed by atoms with van der Waals surface area (Å²) < 4.78 is 95.1. The first-order valence-electron chi connectivity index (χ1n) is 11.0. The lowest BCUT2D eigenvalue weighted by molar-refractivity contribution is -0.146. The van der Waals surface area contributed by atoms with Gasteiger partial charge in [-0.1, -0.05) is 0 Å². The van der Waals surface area contributed by atoms with E-state index in [0.29, 0.717) is 45.3 Å². The maximum absolute atomic E-state index is 14.5. The van der Waals surface area contributed by atoms with Crippen molar-refractivity contribution in [1.29, 1.82) is 0 Å². The van der Waals surface area contributed by atoms with Gasteiger partial charge < -0.3 is 14.3 Å². The smallest absolute Gasteiger partial charge is 0.339 e. The normalized spacial score (nSPS) is 20.5. The molecule has 2 aliphatic heterocycles. The summed E-state index contributed by atoms with van der Waals surface area (Å²) in [6, 6.07) is 1.10. The number of halogens is 5. The highest BCUT2D eigenvalue weighted by atomic mass is 32.2. The molecule has 8 nitrogen and oxygen atoms in total. The Morgan fingerprint density at radius 3 is 2.26 bits per heavy atom. The molecule has 2 aromatic rings. The van der Waals surface area contributed by atoms with Crippen LogP contribution in [0.2, 0.25) is 0 Å². The first-order valence-corrected chi connectivity index (χ1v) is 12.9. The molecular weight excluding hydrogens is 499 g/mol. The molecule has 35 heavy (non-hydrogen) atoms. The molecule has 4 rings (SSSR count). The van der Waals surface area contributed by atoms with Gasteiger partial charge in [0.2, 0.25) is 5.91 Å². The van der Waals surface area contributed by atoms with E-state index < -0.39 is 44.3 Å². The van der Waals surface area contributed by atoms with Crippen LogP contribution in [-0.4, -0.2) is 61.3 Å². The van der Waals surface area contributed by atoms with Crippen LogP contribution in [-0.2, 0) is 27.2 Å². The van der Waals surface area contributed by atoms with Crippen LogP contribution in [0, 0.1) is 17.6 Å². The zero-order valence-corrected chi connectivity index (χ0v) is 19.5. The zero-order chi connectivity index (χ0) is 25.5. The Bertz CT molecular complexity index is 1190. The average Bonchev–Trinajstić information content (AvgIpc) is 3.28. The first-order chi connectivity index (χ1) is 16.3. The molecule has 2 saturated heterocycles. The van der Waals surface area contributed by atoms with E-state index in [0.717, 1.165) is 18.4 Å². The van der Waals surface area contributed by atoms with Crippen LogP contribution in [0.5, 0.6) is 0 Å². The second kappa shape index (κ2) is 9.36. The van der Waals surface area contributed by atoms with E-state index in [1.807, 2.05) is 0 Å². The Hall–Kier alpha value is -2.77. The number of alkyl halides is 3. The van der Waals surface area contributed by atoms with Crippen LogP contribution in [0.3, 0.4) is 0 Å². The van der Waals surface area contributed by atoms with E-state index in [-0.39, 0.29) is 29.9 Å². The Labute approximate surface area is 198 Å². The Morgan fingerprint density at radius 2 is 1.71 bits per heavy atom. The number of aromatic nitrogens is 2. The number of hydrogen-bond donors (Lipinski definition) is 0. The van der Waals surface area contributed by atoms with E-state index in [1.165, 1.54) is 4.90 Å². The number of carbonyl (C=O) groups is 1. The molecule has 1 atom stereocenters. The number of piperidine rings is 2. The Kier molecular flexibility index (Phi) is 6.77. The zero-order valence-electron chi connectivity index (χ0n) is 18.7. The molecule has 0 unspecified atom stereocenters. The highest BCUT2D eigenvalue weighted by molar-refractivity contribution is 7.90. The number of likely N-dealkylation sites (tertiary alicyclic amines) is 1. The number of rotatable bonds is 5. The van der Waals surface area contributed by atoms with E-state index in [4.69, 9.17) is 4.52 Å². The molecule has 0 saturated carbocycles. The molecule has 0 aliphatic carbocycles. The molecule has 1 aromatic heterocycles. The fraction of sp³-hybridized carbons (Fsp3) is 0.571. The number of anilines is 1. The van der Waals surface area contributed by atoms with Crippen molar-refractivity contribution in [2.45, 2.75) is 49.2 Å². The van der Waals surface area contributed by atoms with E-state index >= 15 is 0 Å². The van der Waals surface area contributed by atoms with Gasteiger partial charge in [0.15, 0.2) is 9.84 Å². The summed E-state index contributed by atoms with van der Waals surface area (Å²) in [4.78, 5) is 19.3. The predicted octanol–water partition coefficient (Wildman–Crippen LogP) is 3.22. The summed E-state index contributed by atoms with van der Waals surface area (Å²) in [5, 5.41) is 2.95. The minimum atomic E-state index is -4.71. The lowest BCUT2D eigenvalue weighted by Gasteiger charge is -2.41. The van der Waals surface area contributed by atoms with Crippen LogP contribution in [0.4, 0.5) is 28.0 Å². The monoisotopic (exact) mass is 522 g/mol. The standard InChI is InChI=1S/C21H23F5N4O4S/c1-35(32,33)14-10-16(22)15(17(23)11-14)9-12-3-2-6-30(18(12)31)13-4-7-29(8-5-13)20-27-19(28-34-20)21(24,25)26/h10-13H,2-9H2,1H3/t12-/m1/s1. The summed E-state index contributed by atoms with van der Waals surface area (Å²) in [5.41, 5.74) is -0.329. The van der Waals surface area contributed by atoms with Crippen LogP contribution in [0.15, 0.2) is 21.6 Å². The molecule has 1 amide bonds. The molecule has 0 spiro atoms. The van der Waals surface area contributed by atoms with Gasteiger partial charge in [0.05, 0.1) is 4.90 Å². The SMILES string of the molecule is CS(=O)(=O)c1cc(F)c(C[C@H]2CCCN(C3CCN(c4nc(C(F)(F)F)no4)CC3)C2=O)c(F)c1. The number of benzene rings is 1. The van der Waals surface area contributed by atoms with Gasteiger partial charge >= 0.3 is 12.2 Å². The topological polar surface area (TPSA) is 96.6 Å². The number of nitrogens with zero attached hydrogens (tertiary/aromatic N) is 4. The van der Waals surface area contributed by atoms with Crippen LogP contribution < -0.4 is 4.90 Å². The van der Waals surface area contributed by atoms with E-state index in [9.17, 15) is 35.2 Å². The maximum Gasteiger partial charge on any atom is 0.455 e. The summed E-state index contributed by atoms with van der Waals surface area (Å²) in [5.74, 6) is -4.30. The average molecular weight is 522 g/mol. The predicted molar refractivity (Wildman–Crippen MR) is 112 cm³/mol. The number of amides is 1. The van der Waals surface area contributed by atoms with Crippen molar-refractivity contribution in [2.24, 2.45) is 5.92 Å². The van der Waals surface area contributed by atoms with Crippen molar-refractivity contribution in [3.63, 3.8) is 0 Å². The molecular formula is C21H23F5N4O4S. The molecule has 0 N–H and O–H groups in total. The molecule has 3 heterocycles. The minimum Gasteiger partial charge on any atom is -0.339 e. The van der Waals surface area contributed by atoms with Crippen molar-refractivity contribution >= 4 is 21.8 Å². The lowest BCUT2D eigenvalue weighted by atomic mass is 9.88. The molecule has 2 aliphatic rings. The quantitative estimate of drug-likeness (QED) is 0.557. The summed E-state index contributed by atoms with van der Waals surface area (Å²) in [6.45, 7) is 1.07. The second-order valence-electron chi connectivity index (χ2n) is 8.83. The maximum atomic E-state index is 14.5. The fourth-order valence-corrected chi connectivity index (χ4v) is 5.23. The molecule has 0 bridgehead atoms. The Morgan fingerprint density at radius 1 is 1.09 bits per heavy atom. The largest absolute Gasteiger partial charge is 0.455 e. The number of sulfone groups is 1. The summed E-state index contributed by atoms with van der Waals surface area (Å²) >= 11 is 0. The van der Waals surface area contributed by atoms with Gasteiger partial charge in [-0.25, -0.2) is 17.2 Å². The third kappa shape index (κ3) is 5.41. The molecule has 14 heteroatoms. The van der Waals surface area contributed by atoms with Crippen LogP contribution in [0.25, 0.3) is 0 Å². The van der Waals surface area contributed by atoms with Gasteiger partial charge in [-0.3, -0.25) is 4.79 Å². The third-order valence-electron chi connectivity index (χ3n) is 6.42. The van der Waals surface area contributed by atoms with Crippen LogP contribution >= 0.6 is 0 Å².